The van der Waals surface area contributed by atoms with Gasteiger partial charge in [-0.05, 0) is 48.0 Å². The minimum absolute atomic E-state index is 0.0201. The molecule has 0 bridgehead atoms. The molecule has 7 nitrogen and oxygen atoms in total. The van der Waals surface area contributed by atoms with Gasteiger partial charge >= 0.3 is 0 Å². The molecule has 128 valence electrons. The third kappa shape index (κ3) is 3.44. The second-order valence-electron chi connectivity index (χ2n) is 5.40. The van der Waals surface area contributed by atoms with Crippen LogP contribution in [0.25, 0.3) is 22.9 Å². The molecule has 0 amide bonds. The highest BCUT2D eigenvalue weighted by Gasteiger charge is 2.10. The summed E-state index contributed by atoms with van der Waals surface area (Å²) in [6, 6.07) is 15.5. The molecule has 0 aliphatic heterocycles. The quantitative estimate of drug-likeness (QED) is 0.426. The fraction of sp³-hybridized carbons (Fsp3) is 0.0526. The molecule has 1 N–H and O–H groups in total. The zero-order chi connectivity index (χ0) is 18.5. The number of ether oxygens (including phenoxy) is 1. The summed E-state index contributed by atoms with van der Waals surface area (Å²) in [6.07, 6.45) is 3.33. The van der Waals surface area contributed by atoms with E-state index in [0.29, 0.717) is 11.1 Å². The van der Waals surface area contributed by atoms with Crippen molar-refractivity contribution < 1.29 is 9.66 Å². The van der Waals surface area contributed by atoms with Crippen molar-refractivity contribution in [1.82, 2.24) is 10.2 Å². The van der Waals surface area contributed by atoms with E-state index in [2.05, 4.69) is 16.3 Å². The van der Waals surface area contributed by atoms with Crippen LogP contribution in [0.15, 0.2) is 54.7 Å². The number of aromatic amines is 1. The fourth-order valence-electron chi connectivity index (χ4n) is 2.49. The maximum absolute atomic E-state index is 10.8. The number of rotatable bonds is 5. The Bertz CT molecular complexity index is 997. The molecule has 26 heavy (non-hydrogen) atoms. The first-order chi connectivity index (χ1) is 12.6. The molecule has 0 radical (unpaired) electrons. The molecule has 0 saturated carbocycles. The maximum atomic E-state index is 10.8. The number of nitriles is 1. The molecule has 3 rings (SSSR count). The van der Waals surface area contributed by atoms with E-state index in [-0.39, 0.29) is 5.69 Å². The number of benzene rings is 2. The van der Waals surface area contributed by atoms with Crippen molar-refractivity contribution in [3.63, 3.8) is 0 Å². The van der Waals surface area contributed by atoms with Crippen LogP contribution in [0.4, 0.5) is 5.69 Å². The Balaban J connectivity index is 1.96. The first-order valence-electron chi connectivity index (χ1n) is 7.67. The van der Waals surface area contributed by atoms with Gasteiger partial charge in [0, 0.05) is 23.3 Å². The van der Waals surface area contributed by atoms with Crippen LogP contribution in [0.2, 0.25) is 0 Å². The summed E-state index contributed by atoms with van der Waals surface area (Å²) in [6.45, 7) is 0. The number of nitrogens with one attached hydrogen (secondary N) is 1. The molecular formula is C19H14N4O3. The number of aromatic nitrogens is 2. The van der Waals surface area contributed by atoms with Crippen molar-refractivity contribution in [2.45, 2.75) is 0 Å². The molecule has 7 heteroatoms. The molecule has 0 fully saturated rings. The zero-order valence-corrected chi connectivity index (χ0v) is 13.8. The predicted molar refractivity (Wildman–Crippen MR) is 97.2 cm³/mol. The lowest BCUT2D eigenvalue weighted by molar-refractivity contribution is -0.384. The van der Waals surface area contributed by atoms with Crippen molar-refractivity contribution in [1.29, 1.82) is 5.26 Å². The average Bonchev–Trinajstić information content (AvgIpc) is 3.14. The van der Waals surface area contributed by atoms with Crippen molar-refractivity contribution >= 4 is 17.3 Å². The summed E-state index contributed by atoms with van der Waals surface area (Å²) in [5.41, 5.74) is 3.37. The summed E-state index contributed by atoms with van der Waals surface area (Å²) in [5, 5.41) is 27.2. The lowest BCUT2D eigenvalue weighted by Crippen LogP contribution is -1.89. The van der Waals surface area contributed by atoms with E-state index in [1.807, 2.05) is 24.3 Å². The molecule has 1 aromatic heterocycles. The number of allylic oxidation sites excluding steroid dienone is 1. The van der Waals surface area contributed by atoms with E-state index in [1.54, 1.807) is 31.5 Å². The highest BCUT2D eigenvalue weighted by atomic mass is 16.6. The minimum atomic E-state index is -0.475. The fourth-order valence-corrected chi connectivity index (χ4v) is 2.49. The number of hydrogen-bond acceptors (Lipinski definition) is 5. The Labute approximate surface area is 149 Å². The van der Waals surface area contributed by atoms with Gasteiger partial charge < -0.3 is 4.74 Å². The molecule has 2 aromatic carbocycles. The van der Waals surface area contributed by atoms with Gasteiger partial charge in [-0.15, -0.1) is 0 Å². The smallest absolute Gasteiger partial charge is 0.269 e. The third-order valence-corrected chi connectivity index (χ3v) is 3.86. The highest BCUT2D eigenvalue weighted by Crippen LogP contribution is 2.27. The van der Waals surface area contributed by atoms with Crippen molar-refractivity contribution in [3.05, 3.63) is 76.0 Å². The van der Waals surface area contributed by atoms with E-state index in [0.717, 1.165) is 22.6 Å². The average molecular weight is 346 g/mol. The molecule has 0 saturated heterocycles. The number of nitrogens with zero attached hydrogens (tertiary/aromatic N) is 3. The number of non-ortho nitro benzene ring substituents is 1. The molecule has 0 atom stereocenters. The van der Waals surface area contributed by atoms with Gasteiger partial charge in [0.25, 0.3) is 5.69 Å². The van der Waals surface area contributed by atoms with E-state index >= 15 is 0 Å². The van der Waals surface area contributed by atoms with E-state index < -0.39 is 4.92 Å². The molecule has 3 aromatic rings. The van der Waals surface area contributed by atoms with Gasteiger partial charge in [-0.1, -0.05) is 0 Å². The summed E-state index contributed by atoms with van der Waals surface area (Å²) >= 11 is 0. The predicted octanol–water partition coefficient (Wildman–Crippen LogP) is 4.06. The summed E-state index contributed by atoms with van der Waals surface area (Å²) < 4.78 is 5.15. The Morgan fingerprint density at radius 2 is 1.92 bits per heavy atom. The number of hydrogen-bond donors (Lipinski definition) is 1. The second kappa shape index (κ2) is 7.32. The van der Waals surface area contributed by atoms with Gasteiger partial charge in [-0.25, -0.2) is 0 Å². The number of methoxy groups -OCH3 is 1. The molecular weight excluding hydrogens is 332 g/mol. The number of nitro groups is 1. The molecule has 0 spiro atoms. The van der Waals surface area contributed by atoms with Crippen LogP contribution in [0.3, 0.4) is 0 Å². The molecule has 1 heterocycles. The summed E-state index contributed by atoms with van der Waals surface area (Å²) in [7, 11) is 1.60. The maximum Gasteiger partial charge on any atom is 0.269 e. The van der Waals surface area contributed by atoms with E-state index in [4.69, 9.17) is 4.74 Å². The molecule has 0 aliphatic rings. The van der Waals surface area contributed by atoms with Crippen molar-refractivity contribution in [2.75, 3.05) is 7.11 Å². The lowest BCUT2D eigenvalue weighted by atomic mass is 10.0. The first-order valence-corrected chi connectivity index (χ1v) is 7.67. The van der Waals surface area contributed by atoms with Gasteiger partial charge in [0.1, 0.15) is 5.75 Å². The lowest BCUT2D eigenvalue weighted by Gasteiger charge is -2.04. The van der Waals surface area contributed by atoms with Gasteiger partial charge in [0.05, 0.1) is 35.6 Å². The van der Waals surface area contributed by atoms with Crippen molar-refractivity contribution in [2.24, 2.45) is 0 Å². The van der Waals surface area contributed by atoms with Crippen molar-refractivity contribution in [3.8, 4) is 23.1 Å². The minimum Gasteiger partial charge on any atom is -0.497 e. The van der Waals surface area contributed by atoms with Gasteiger partial charge in [-0.2, -0.15) is 10.4 Å². The summed E-state index contributed by atoms with van der Waals surface area (Å²) in [4.78, 5) is 10.3. The zero-order valence-electron chi connectivity index (χ0n) is 13.8. The molecule has 0 unspecified atom stereocenters. The molecule has 0 aliphatic carbocycles. The Morgan fingerprint density at radius 3 is 2.50 bits per heavy atom. The first kappa shape index (κ1) is 16.9. The summed E-state index contributed by atoms with van der Waals surface area (Å²) in [5.74, 6) is 0.744. The Morgan fingerprint density at radius 1 is 1.23 bits per heavy atom. The monoisotopic (exact) mass is 346 g/mol. The normalized spacial score (nSPS) is 11.0. The number of H-pyrrole nitrogens is 1. The second-order valence-corrected chi connectivity index (χ2v) is 5.40. The van der Waals surface area contributed by atoms with Gasteiger partial charge in [-0.3, -0.25) is 15.2 Å². The van der Waals surface area contributed by atoms with Gasteiger partial charge in [0.2, 0.25) is 0 Å². The number of nitro benzene ring substituents is 1. The van der Waals surface area contributed by atoms with Crippen LogP contribution in [0.5, 0.6) is 5.75 Å². The van der Waals surface area contributed by atoms with Crippen LogP contribution in [-0.2, 0) is 0 Å². The van der Waals surface area contributed by atoms with E-state index in [1.165, 1.54) is 12.1 Å². The van der Waals surface area contributed by atoms with Gasteiger partial charge in [0.15, 0.2) is 0 Å². The van der Waals surface area contributed by atoms with Crippen LogP contribution in [-0.4, -0.2) is 22.2 Å². The standard InChI is InChI=1S/C19H14N4O3/c1-26-18-8-4-14(5-9-18)19-16(12-21-22-19)10-15(11-20)13-2-6-17(7-3-13)23(24)25/h2-10,12H,1H3,(H,21,22)/b15-10+. The third-order valence-electron chi connectivity index (χ3n) is 3.86. The topological polar surface area (TPSA) is 105 Å². The van der Waals surface area contributed by atoms with E-state index in [9.17, 15) is 15.4 Å². The van der Waals surface area contributed by atoms with Crippen LogP contribution < -0.4 is 4.74 Å². The highest BCUT2D eigenvalue weighted by molar-refractivity contribution is 5.92. The van der Waals surface area contributed by atoms with Crippen LogP contribution in [0, 0.1) is 21.4 Å². The van der Waals surface area contributed by atoms with Crippen LogP contribution >= 0.6 is 0 Å². The van der Waals surface area contributed by atoms with Crippen LogP contribution in [0.1, 0.15) is 11.1 Å². The largest absolute Gasteiger partial charge is 0.497 e. The SMILES string of the molecule is COc1ccc(-c2[nH]ncc2/C=C(\C#N)c2ccc([N+](=O)[O-])cc2)cc1. The Hall–Kier alpha value is -3.92. The Kier molecular flexibility index (Phi) is 4.76.